The first-order valence-corrected chi connectivity index (χ1v) is 9.98. The Balaban J connectivity index is 3.76. The van der Waals surface area contributed by atoms with Crippen molar-refractivity contribution in [3.63, 3.8) is 0 Å². The summed E-state index contributed by atoms with van der Waals surface area (Å²) < 4.78 is 10.7. The van der Waals surface area contributed by atoms with Crippen molar-refractivity contribution in [2.24, 2.45) is 5.92 Å². The van der Waals surface area contributed by atoms with Crippen molar-refractivity contribution in [3.05, 3.63) is 12.7 Å². The first kappa shape index (κ1) is 23.7. The van der Waals surface area contributed by atoms with Crippen LogP contribution in [0.25, 0.3) is 0 Å². The van der Waals surface area contributed by atoms with E-state index in [0.717, 1.165) is 57.8 Å². The number of hydrogen-bond acceptors (Lipinski definition) is 4. The standard InChI is InChI=1S/C21H38O4/c1-5-7-12-15-19(25-21(23)18(3)4)16-13-10-8-9-11-14-17-24-20(22)6-2/h5,18-19H,1,6-17H2,2-4H3. The molecule has 0 radical (unpaired) electrons. The first-order valence-electron chi connectivity index (χ1n) is 9.98. The van der Waals surface area contributed by atoms with Crippen LogP contribution >= 0.6 is 0 Å². The summed E-state index contributed by atoms with van der Waals surface area (Å²) in [5, 5.41) is 0. The van der Waals surface area contributed by atoms with Crippen molar-refractivity contribution >= 4 is 11.9 Å². The molecule has 0 saturated heterocycles. The van der Waals surface area contributed by atoms with Crippen LogP contribution in [0, 0.1) is 5.92 Å². The minimum Gasteiger partial charge on any atom is -0.466 e. The van der Waals surface area contributed by atoms with Crippen LogP contribution in [0.4, 0.5) is 0 Å². The van der Waals surface area contributed by atoms with Gasteiger partial charge in [-0.1, -0.05) is 52.5 Å². The van der Waals surface area contributed by atoms with Gasteiger partial charge in [0.05, 0.1) is 12.5 Å². The lowest BCUT2D eigenvalue weighted by atomic mass is 10.0. The summed E-state index contributed by atoms with van der Waals surface area (Å²) in [6.45, 7) is 9.85. The average molecular weight is 355 g/mol. The minimum atomic E-state index is -0.113. The number of carbonyl (C=O) groups is 2. The first-order chi connectivity index (χ1) is 12.0. The molecule has 0 aliphatic heterocycles. The molecule has 0 aliphatic carbocycles. The van der Waals surface area contributed by atoms with Crippen molar-refractivity contribution < 1.29 is 19.1 Å². The highest BCUT2D eigenvalue weighted by atomic mass is 16.5. The SMILES string of the molecule is C=CCCCC(CCCCCCCCOC(=O)CC)OC(=O)C(C)C. The molecule has 146 valence electrons. The van der Waals surface area contributed by atoms with Crippen LogP contribution in [0.15, 0.2) is 12.7 Å². The second-order valence-corrected chi connectivity index (χ2v) is 6.92. The molecule has 0 aromatic heterocycles. The monoisotopic (exact) mass is 354 g/mol. The lowest BCUT2D eigenvalue weighted by Crippen LogP contribution is -2.21. The molecule has 0 aromatic carbocycles. The van der Waals surface area contributed by atoms with E-state index in [-0.39, 0.29) is 24.0 Å². The van der Waals surface area contributed by atoms with E-state index in [2.05, 4.69) is 6.58 Å². The van der Waals surface area contributed by atoms with Crippen LogP contribution in [0.2, 0.25) is 0 Å². The zero-order valence-electron chi connectivity index (χ0n) is 16.6. The Hall–Kier alpha value is -1.32. The minimum absolute atomic E-state index is 0.0447. The van der Waals surface area contributed by atoms with Crippen LogP contribution in [0.5, 0.6) is 0 Å². The normalized spacial score (nSPS) is 12.0. The number of ether oxygens (including phenoxy) is 2. The third-order valence-electron chi connectivity index (χ3n) is 4.16. The van der Waals surface area contributed by atoms with E-state index in [1.807, 2.05) is 26.8 Å². The number of allylic oxidation sites excluding steroid dienone is 1. The highest BCUT2D eigenvalue weighted by Gasteiger charge is 2.16. The van der Waals surface area contributed by atoms with Gasteiger partial charge in [0.1, 0.15) is 6.10 Å². The smallest absolute Gasteiger partial charge is 0.308 e. The van der Waals surface area contributed by atoms with Gasteiger partial charge in [-0.25, -0.2) is 0 Å². The van der Waals surface area contributed by atoms with Gasteiger partial charge in [-0.15, -0.1) is 6.58 Å². The second kappa shape index (κ2) is 16.2. The Morgan fingerprint density at radius 3 is 2.16 bits per heavy atom. The molecule has 0 rings (SSSR count). The highest BCUT2D eigenvalue weighted by Crippen LogP contribution is 2.16. The Kier molecular flexibility index (Phi) is 15.3. The molecule has 0 amide bonds. The van der Waals surface area contributed by atoms with Crippen LogP contribution in [0.1, 0.15) is 91.4 Å². The van der Waals surface area contributed by atoms with Crippen molar-refractivity contribution in [1.29, 1.82) is 0 Å². The molecule has 0 aliphatic rings. The zero-order chi connectivity index (χ0) is 18.9. The van der Waals surface area contributed by atoms with Gasteiger partial charge < -0.3 is 9.47 Å². The van der Waals surface area contributed by atoms with Gasteiger partial charge >= 0.3 is 11.9 Å². The third kappa shape index (κ3) is 14.7. The predicted molar refractivity (Wildman–Crippen MR) is 102 cm³/mol. The number of esters is 2. The molecular weight excluding hydrogens is 316 g/mol. The van der Waals surface area contributed by atoms with E-state index < -0.39 is 0 Å². The van der Waals surface area contributed by atoms with Gasteiger partial charge in [0, 0.05) is 6.42 Å². The fraction of sp³-hybridized carbons (Fsp3) is 0.810. The van der Waals surface area contributed by atoms with E-state index in [0.29, 0.717) is 13.0 Å². The Labute approximate surface area is 154 Å². The van der Waals surface area contributed by atoms with Gasteiger partial charge in [0.25, 0.3) is 0 Å². The molecule has 0 spiro atoms. The molecule has 1 atom stereocenters. The lowest BCUT2D eigenvalue weighted by molar-refractivity contribution is -0.153. The fourth-order valence-electron chi connectivity index (χ4n) is 2.52. The maximum Gasteiger partial charge on any atom is 0.308 e. The molecule has 0 saturated carbocycles. The summed E-state index contributed by atoms with van der Waals surface area (Å²) >= 11 is 0. The molecule has 25 heavy (non-hydrogen) atoms. The van der Waals surface area contributed by atoms with Crippen molar-refractivity contribution in [2.75, 3.05) is 6.61 Å². The fourth-order valence-corrected chi connectivity index (χ4v) is 2.52. The van der Waals surface area contributed by atoms with Crippen LogP contribution in [0.3, 0.4) is 0 Å². The number of rotatable bonds is 16. The summed E-state index contributed by atoms with van der Waals surface area (Å²) in [7, 11) is 0. The maximum absolute atomic E-state index is 11.8. The number of carbonyl (C=O) groups excluding carboxylic acids is 2. The van der Waals surface area contributed by atoms with Gasteiger partial charge in [0.2, 0.25) is 0 Å². The van der Waals surface area contributed by atoms with E-state index in [1.165, 1.54) is 6.42 Å². The Morgan fingerprint density at radius 2 is 1.56 bits per heavy atom. The molecule has 1 unspecified atom stereocenters. The molecule has 4 heteroatoms. The maximum atomic E-state index is 11.8. The van der Waals surface area contributed by atoms with Crippen molar-refractivity contribution in [1.82, 2.24) is 0 Å². The lowest BCUT2D eigenvalue weighted by Gasteiger charge is -2.19. The summed E-state index contributed by atoms with van der Waals surface area (Å²) in [5.41, 5.74) is 0. The van der Waals surface area contributed by atoms with Gasteiger partial charge in [-0.2, -0.15) is 0 Å². The quantitative estimate of drug-likeness (QED) is 0.206. The molecule has 0 fully saturated rings. The Morgan fingerprint density at radius 1 is 0.960 bits per heavy atom. The molecule has 0 bridgehead atoms. The summed E-state index contributed by atoms with van der Waals surface area (Å²) in [4.78, 5) is 22.8. The molecule has 0 N–H and O–H groups in total. The van der Waals surface area contributed by atoms with E-state index in [4.69, 9.17) is 9.47 Å². The summed E-state index contributed by atoms with van der Waals surface area (Å²) in [6, 6.07) is 0. The number of unbranched alkanes of at least 4 members (excludes halogenated alkanes) is 6. The van der Waals surface area contributed by atoms with E-state index >= 15 is 0 Å². The Bertz CT molecular complexity index is 363. The highest BCUT2D eigenvalue weighted by molar-refractivity contribution is 5.71. The summed E-state index contributed by atoms with van der Waals surface area (Å²) in [5.74, 6) is -0.271. The number of hydrogen-bond donors (Lipinski definition) is 0. The van der Waals surface area contributed by atoms with Crippen molar-refractivity contribution in [3.8, 4) is 0 Å². The molecule has 0 aromatic rings. The van der Waals surface area contributed by atoms with Crippen LogP contribution in [-0.2, 0) is 19.1 Å². The van der Waals surface area contributed by atoms with E-state index in [1.54, 1.807) is 0 Å². The van der Waals surface area contributed by atoms with Gasteiger partial charge in [-0.05, 0) is 38.5 Å². The molecule has 4 nitrogen and oxygen atoms in total. The predicted octanol–water partition coefficient (Wildman–Crippen LogP) is 5.59. The molecule has 0 heterocycles. The molecular formula is C21H38O4. The van der Waals surface area contributed by atoms with Gasteiger partial charge in [-0.3, -0.25) is 9.59 Å². The largest absolute Gasteiger partial charge is 0.466 e. The van der Waals surface area contributed by atoms with E-state index in [9.17, 15) is 9.59 Å². The zero-order valence-corrected chi connectivity index (χ0v) is 16.6. The third-order valence-corrected chi connectivity index (χ3v) is 4.16. The topological polar surface area (TPSA) is 52.6 Å². The van der Waals surface area contributed by atoms with Crippen LogP contribution in [-0.4, -0.2) is 24.6 Å². The van der Waals surface area contributed by atoms with Crippen LogP contribution < -0.4 is 0 Å². The van der Waals surface area contributed by atoms with Crippen molar-refractivity contribution in [2.45, 2.75) is 97.5 Å². The average Bonchev–Trinajstić information content (AvgIpc) is 2.59. The van der Waals surface area contributed by atoms with Gasteiger partial charge in [0.15, 0.2) is 0 Å². The second-order valence-electron chi connectivity index (χ2n) is 6.92. The summed E-state index contributed by atoms with van der Waals surface area (Å²) in [6.07, 6.45) is 12.9.